The SMILES string of the molecule is COc1ccccc1C=Nc1sc2c(c1C(=O)Nc1ccccc1)CC[C@H](C(C)(C)C)C2. The Bertz CT molecular complexity index is 1130. The van der Waals surface area contributed by atoms with Gasteiger partial charge in [-0.2, -0.15) is 0 Å². The lowest BCUT2D eigenvalue weighted by Crippen LogP contribution is -2.27. The molecule has 3 aromatic rings. The summed E-state index contributed by atoms with van der Waals surface area (Å²) in [5, 5.41) is 3.83. The van der Waals surface area contributed by atoms with Crippen molar-refractivity contribution < 1.29 is 9.53 Å². The monoisotopic (exact) mass is 446 g/mol. The fourth-order valence-electron chi connectivity index (χ4n) is 4.25. The highest BCUT2D eigenvalue weighted by Gasteiger charge is 2.33. The molecule has 1 heterocycles. The lowest BCUT2D eigenvalue weighted by Gasteiger charge is -2.33. The van der Waals surface area contributed by atoms with Gasteiger partial charge in [-0.15, -0.1) is 11.3 Å². The van der Waals surface area contributed by atoms with Gasteiger partial charge in [-0.3, -0.25) is 4.79 Å². The average Bonchev–Trinajstić information content (AvgIpc) is 3.15. The molecule has 1 aromatic heterocycles. The van der Waals surface area contributed by atoms with E-state index in [1.165, 1.54) is 4.88 Å². The van der Waals surface area contributed by atoms with Crippen molar-refractivity contribution in [3.63, 3.8) is 0 Å². The number of nitrogens with zero attached hydrogens (tertiary/aromatic N) is 1. The number of aliphatic imine (C=N–C) groups is 1. The van der Waals surface area contributed by atoms with E-state index >= 15 is 0 Å². The summed E-state index contributed by atoms with van der Waals surface area (Å²) in [6.45, 7) is 6.92. The van der Waals surface area contributed by atoms with Gasteiger partial charge in [0.25, 0.3) is 5.91 Å². The van der Waals surface area contributed by atoms with E-state index < -0.39 is 0 Å². The second kappa shape index (κ2) is 9.29. The zero-order valence-electron chi connectivity index (χ0n) is 19.1. The molecule has 0 saturated carbocycles. The fraction of sp³-hybridized carbons (Fsp3) is 0.333. The molecule has 0 radical (unpaired) electrons. The van der Waals surface area contributed by atoms with Crippen molar-refractivity contribution in [3.8, 4) is 5.75 Å². The van der Waals surface area contributed by atoms with E-state index in [0.29, 0.717) is 11.5 Å². The molecule has 166 valence electrons. The molecule has 1 aliphatic carbocycles. The zero-order valence-corrected chi connectivity index (χ0v) is 20.0. The smallest absolute Gasteiger partial charge is 0.259 e. The van der Waals surface area contributed by atoms with Gasteiger partial charge in [0.2, 0.25) is 0 Å². The largest absolute Gasteiger partial charge is 0.496 e. The normalized spacial score (nSPS) is 16.1. The van der Waals surface area contributed by atoms with Crippen molar-refractivity contribution in [1.29, 1.82) is 0 Å². The molecule has 4 rings (SSSR count). The van der Waals surface area contributed by atoms with Crippen molar-refractivity contribution in [2.75, 3.05) is 12.4 Å². The Morgan fingerprint density at radius 3 is 2.56 bits per heavy atom. The first kappa shape index (κ1) is 22.3. The Hall–Kier alpha value is -2.92. The number of fused-ring (bicyclic) bond motifs is 1. The van der Waals surface area contributed by atoms with Crippen LogP contribution in [-0.2, 0) is 12.8 Å². The van der Waals surface area contributed by atoms with E-state index in [2.05, 4.69) is 26.1 Å². The maximum Gasteiger partial charge on any atom is 0.259 e. The number of methoxy groups -OCH3 is 1. The molecule has 0 unspecified atom stereocenters. The molecule has 1 aliphatic rings. The number of hydrogen-bond donors (Lipinski definition) is 1. The number of nitrogens with one attached hydrogen (secondary N) is 1. The summed E-state index contributed by atoms with van der Waals surface area (Å²) in [7, 11) is 1.65. The van der Waals surface area contributed by atoms with Gasteiger partial charge in [0.15, 0.2) is 0 Å². The first-order chi connectivity index (χ1) is 15.4. The van der Waals surface area contributed by atoms with Gasteiger partial charge in [-0.25, -0.2) is 4.99 Å². The summed E-state index contributed by atoms with van der Waals surface area (Å²) in [6, 6.07) is 17.4. The van der Waals surface area contributed by atoms with Crippen LogP contribution >= 0.6 is 11.3 Å². The van der Waals surface area contributed by atoms with E-state index in [1.807, 2.05) is 54.6 Å². The molecule has 1 N–H and O–H groups in total. The Balaban J connectivity index is 1.72. The maximum absolute atomic E-state index is 13.4. The lowest BCUT2D eigenvalue weighted by atomic mass is 9.72. The molecular weight excluding hydrogens is 416 g/mol. The number of thiophene rings is 1. The average molecular weight is 447 g/mol. The molecular formula is C27H30N2O2S. The van der Waals surface area contributed by atoms with Crippen molar-refractivity contribution in [1.82, 2.24) is 0 Å². The molecule has 4 nitrogen and oxygen atoms in total. The second-order valence-electron chi connectivity index (χ2n) is 9.31. The number of amides is 1. The van der Waals surface area contributed by atoms with Crippen LogP contribution in [0, 0.1) is 11.3 Å². The number of carbonyl (C=O) groups excluding carboxylic acids is 1. The van der Waals surface area contributed by atoms with Crippen LogP contribution in [0.4, 0.5) is 10.7 Å². The number of rotatable bonds is 5. The summed E-state index contributed by atoms with van der Waals surface area (Å²) >= 11 is 1.65. The van der Waals surface area contributed by atoms with E-state index in [9.17, 15) is 4.79 Å². The molecule has 5 heteroatoms. The molecule has 1 amide bonds. The number of hydrogen-bond acceptors (Lipinski definition) is 4. The lowest BCUT2D eigenvalue weighted by molar-refractivity contribution is 0.102. The molecule has 1 atom stereocenters. The highest BCUT2D eigenvalue weighted by atomic mass is 32.1. The third-order valence-corrected chi connectivity index (χ3v) is 7.35. The van der Waals surface area contributed by atoms with Crippen LogP contribution in [0.25, 0.3) is 0 Å². The number of para-hydroxylation sites is 2. The summed E-state index contributed by atoms with van der Waals surface area (Å²) in [5.74, 6) is 1.28. The standard InChI is InChI=1S/C27H30N2O2S/c1-27(2,3)19-14-15-21-23(16-19)32-26(28-17-18-10-8-9-13-22(18)31-4)24(21)25(30)29-20-11-6-5-7-12-20/h5-13,17,19H,14-16H2,1-4H3,(H,29,30)/t19-/m0/s1. The quantitative estimate of drug-likeness (QED) is 0.433. The van der Waals surface area contributed by atoms with Crippen molar-refractivity contribution >= 4 is 34.1 Å². The van der Waals surface area contributed by atoms with Gasteiger partial charge >= 0.3 is 0 Å². The van der Waals surface area contributed by atoms with Crippen molar-refractivity contribution in [2.24, 2.45) is 16.3 Å². The Morgan fingerprint density at radius 2 is 1.84 bits per heavy atom. The molecule has 0 aliphatic heterocycles. The highest BCUT2D eigenvalue weighted by molar-refractivity contribution is 7.16. The Labute approximate surface area is 194 Å². The van der Waals surface area contributed by atoms with Crippen molar-refractivity contribution in [2.45, 2.75) is 40.0 Å². The van der Waals surface area contributed by atoms with E-state index in [0.717, 1.165) is 46.8 Å². The topological polar surface area (TPSA) is 50.7 Å². The number of benzene rings is 2. The van der Waals surface area contributed by atoms with E-state index in [-0.39, 0.29) is 11.3 Å². The third-order valence-electron chi connectivity index (χ3n) is 6.19. The Morgan fingerprint density at radius 1 is 1.12 bits per heavy atom. The van der Waals surface area contributed by atoms with Crippen molar-refractivity contribution in [3.05, 3.63) is 76.2 Å². The Kier molecular flexibility index (Phi) is 6.47. The minimum absolute atomic E-state index is 0.0879. The number of anilines is 1. The fourth-order valence-corrected chi connectivity index (χ4v) is 5.52. The number of carbonyl (C=O) groups is 1. The summed E-state index contributed by atoms with van der Waals surface area (Å²) in [6.07, 6.45) is 4.81. The molecule has 0 spiro atoms. The van der Waals surface area contributed by atoms with Crippen LogP contribution in [0.5, 0.6) is 5.75 Å². The predicted molar refractivity (Wildman–Crippen MR) is 134 cm³/mol. The number of ether oxygens (including phenoxy) is 1. The molecule has 0 fully saturated rings. The molecule has 0 bridgehead atoms. The maximum atomic E-state index is 13.4. The predicted octanol–water partition coefficient (Wildman–Crippen LogP) is 6.91. The highest BCUT2D eigenvalue weighted by Crippen LogP contribution is 2.45. The first-order valence-electron chi connectivity index (χ1n) is 11.0. The van der Waals surface area contributed by atoms with Crippen LogP contribution in [0.2, 0.25) is 0 Å². The van der Waals surface area contributed by atoms with Crippen LogP contribution in [0.3, 0.4) is 0 Å². The first-order valence-corrected chi connectivity index (χ1v) is 11.9. The van der Waals surface area contributed by atoms with Crippen LogP contribution in [0.15, 0.2) is 59.6 Å². The third kappa shape index (κ3) is 4.78. The summed E-state index contributed by atoms with van der Waals surface area (Å²) < 4.78 is 5.46. The van der Waals surface area contributed by atoms with Gasteiger partial charge in [0.1, 0.15) is 10.8 Å². The van der Waals surface area contributed by atoms with Crippen LogP contribution in [-0.4, -0.2) is 19.2 Å². The van der Waals surface area contributed by atoms with Gasteiger partial charge in [0.05, 0.1) is 12.7 Å². The summed E-state index contributed by atoms with van der Waals surface area (Å²) in [5.41, 5.74) is 3.81. The van der Waals surface area contributed by atoms with Gasteiger partial charge in [-0.05, 0) is 60.4 Å². The van der Waals surface area contributed by atoms with Crippen LogP contribution in [0.1, 0.15) is 53.6 Å². The van der Waals surface area contributed by atoms with Gasteiger partial charge in [0, 0.05) is 22.3 Å². The molecule has 0 saturated heterocycles. The second-order valence-corrected chi connectivity index (χ2v) is 10.4. The van der Waals surface area contributed by atoms with E-state index in [1.54, 1.807) is 24.7 Å². The minimum Gasteiger partial charge on any atom is -0.496 e. The van der Waals surface area contributed by atoms with Crippen LogP contribution < -0.4 is 10.1 Å². The minimum atomic E-state index is -0.0879. The molecule has 32 heavy (non-hydrogen) atoms. The summed E-state index contributed by atoms with van der Waals surface area (Å²) in [4.78, 5) is 19.5. The van der Waals surface area contributed by atoms with E-state index in [4.69, 9.17) is 9.73 Å². The van der Waals surface area contributed by atoms with Gasteiger partial charge in [-0.1, -0.05) is 51.1 Å². The van der Waals surface area contributed by atoms with Gasteiger partial charge < -0.3 is 10.1 Å². The molecule has 2 aromatic carbocycles. The zero-order chi connectivity index (χ0) is 22.7.